The summed E-state index contributed by atoms with van der Waals surface area (Å²) in [5, 5.41) is 18.4. The van der Waals surface area contributed by atoms with Crippen molar-refractivity contribution in [1.82, 2.24) is 0 Å². The third kappa shape index (κ3) is 4.41. The first kappa shape index (κ1) is 13.5. The minimum absolute atomic E-state index is 0.0912. The second-order valence-corrected chi connectivity index (χ2v) is 3.90. The third-order valence-corrected chi connectivity index (χ3v) is 2.51. The van der Waals surface area contributed by atoms with Gasteiger partial charge in [0.15, 0.2) is 5.78 Å². The van der Waals surface area contributed by atoms with Gasteiger partial charge < -0.3 is 10.2 Å². The molecule has 3 heteroatoms. The predicted molar refractivity (Wildman–Crippen MR) is 66.8 cm³/mol. The molecule has 0 fully saturated rings. The summed E-state index contributed by atoms with van der Waals surface area (Å²) in [6, 6.07) is 5.05. The lowest BCUT2D eigenvalue weighted by atomic mass is 10.0. The monoisotopic (exact) mass is 234 g/mol. The van der Waals surface area contributed by atoms with E-state index in [1.807, 2.05) is 13.0 Å². The summed E-state index contributed by atoms with van der Waals surface area (Å²) in [4.78, 5) is 11.4. The van der Waals surface area contributed by atoms with Crippen molar-refractivity contribution in [2.45, 2.75) is 32.8 Å². The summed E-state index contributed by atoms with van der Waals surface area (Å²) in [5.41, 5.74) is 1.45. The van der Waals surface area contributed by atoms with E-state index in [1.165, 1.54) is 0 Å². The van der Waals surface area contributed by atoms with Crippen LogP contribution in [0.1, 0.15) is 30.9 Å². The molecular formula is C14H18O3. The zero-order valence-electron chi connectivity index (χ0n) is 10.0. The number of aliphatic hydroxyl groups is 1. The Morgan fingerprint density at radius 2 is 2.18 bits per heavy atom. The lowest BCUT2D eigenvalue weighted by Gasteiger charge is -2.04. The van der Waals surface area contributed by atoms with E-state index in [9.17, 15) is 9.90 Å². The highest BCUT2D eigenvalue weighted by molar-refractivity contribution is 5.89. The van der Waals surface area contributed by atoms with Crippen molar-refractivity contribution in [3.05, 3.63) is 41.5 Å². The lowest BCUT2D eigenvalue weighted by Crippen LogP contribution is -1.97. The number of carbonyl (C=O) groups excluding carboxylic acids is 1. The smallest absolute Gasteiger partial charge is 0.155 e. The molecule has 0 radical (unpaired) electrons. The Balaban J connectivity index is 2.57. The molecule has 3 nitrogen and oxygen atoms in total. The number of aromatic hydroxyl groups is 1. The fraction of sp³-hybridized carbons (Fsp3) is 0.357. The molecule has 0 unspecified atom stereocenters. The Morgan fingerprint density at radius 1 is 1.41 bits per heavy atom. The maximum absolute atomic E-state index is 11.4. The second-order valence-electron chi connectivity index (χ2n) is 3.90. The van der Waals surface area contributed by atoms with Gasteiger partial charge in [0, 0.05) is 12.0 Å². The van der Waals surface area contributed by atoms with Crippen LogP contribution in [0.25, 0.3) is 0 Å². The van der Waals surface area contributed by atoms with E-state index in [0.717, 1.165) is 12.0 Å². The van der Waals surface area contributed by atoms with Crippen LogP contribution < -0.4 is 0 Å². The molecule has 1 aromatic carbocycles. The van der Waals surface area contributed by atoms with E-state index in [2.05, 4.69) is 0 Å². The first-order chi connectivity index (χ1) is 8.17. The van der Waals surface area contributed by atoms with E-state index < -0.39 is 0 Å². The van der Waals surface area contributed by atoms with E-state index in [4.69, 9.17) is 5.11 Å². The van der Waals surface area contributed by atoms with Crippen molar-refractivity contribution in [2.75, 3.05) is 0 Å². The standard InChI is InChI=1S/C14H18O3/c1-2-3-4-13(16)7-5-11-6-8-14(17)12(9-11)10-15/h3-4,6,8-9,15,17H,2,5,7,10H2,1H3/b4-3+. The molecule has 0 aliphatic heterocycles. The lowest BCUT2D eigenvalue weighted by molar-refractivity contribution is -0.114. The summed E-state index contributed by atoms with van der Waals surface area (Å²) in [5.74, 6) is 0.193. The van der Waals surface area contributed by atoms with Crippen LogP contribution in [0.15, 0.2) is 30.4 Å². The minimum Gasteiger partial charge on any atom is -0.508 e. The molecule has 0 spiro atoms. The van der Waals surface area contributed by atoms with E-state index >= 15 is 0 Å². The van der Waals surface area contributed by atoms with Gasteiger partial charge in [-0.25, -0.2) is 0 Å². The predicted octanol–water partition coefficient (Wildman–Crippen LogP) is 2.35. The molecule has 0 saturated carbocycles. The number of aryl methyl sites for hydroxylation is 1. The number of benzene rings is 1. The Morgan fingerprint density at radius 3 is 2.82 bits per heavy atom. The number of aliphatic hydroxyl groups excluding tert-OH is 1. The molecule has 0 aliphatic carbocycles. The summed E-state index contributed by atoms with van der Waals surface area (Å²) in [6.45, 7) is 1.79. The Hall–Kier alpha value is -1.61. The van der Waals surface area contributed by atoms with Gasteiger partial charge in [-0.3, -0.25) is 4.79 Å². The van der Waals surface area contributed by atoms with Crippen LogP contribution in [0.4, 0.5) is 0 Å². The van der Waals surface area contributed by atoms with Gasteiger partial charge in [-0.1, -0.05) is 19.1 Å². The van der Waals surface area contributed by atoms with Crippen molar-refractivity contribution in [1.29, 1.82) is 0 Å². The highest BCUT2D eigenvalue weighted by Gasteiger charge is 2.03. The van der Waals surface area contributed by atoms with E-state index in [-0.39, 0.29) is 18.1 Å². The Bertz CT molecular complexity index is 408. The summed E-state index contributed by atoms with van der Waals surface area (Å²) >= 11 is 0. The Kier molecular flexibility index (Phi) is 5.43. The van der Waals surface area contributed by atoms with Gasteiger partial charge in [-0.15, -0.1) is 0 Å². The molecule has 1 aromatic rings. The van der Waals surface area contributed by atoms with Gasteiger partial charge in [0.2, 0.25) is 0 Å². The molecule has 0 saturated heterocycles. The van der Waals surface area contributed by atoms with E-state index in [1.54, 1.807) is 24.3 Å². The van der Waals surface area contributed by atoms with Crippen molar-refractivity contribution < 1.29 is 15.0 Å². The van der Waals surface area contributed by atoms with Crippen LogP contribution in [-0.2, 0) is 17.8 Å². The van der Waals surface area contributed by atoms with Crippen molar-refractivity contribution >= 4 is 5.78 Å². The van der Waals surface area contributed by atoms with Crippen LogP contribution >= 0.6 is 0 Å². The Labute approximate surface area is 101 Å². The molecule has 0 atom stereocenters. The second kappa shape index (κ2) is 6.86. The van der Waals surface area contributed by atoms with Crippen molar-refractivity contribution in [3.63, 3.8) is 0 Å². The highest BCUT2D eigenvalue weighted by atomic mass is 16.3. The highest BCUT2D eigenvalue weighted by Crippen LogP contribution is 2.19. The maximum atomic E-state index is 11.4. The van der Waals surface area contributed by atoms with E-state index in [0.29, 0.717) is 18.4 Å². The molecule has 17 heavy (non-hydrogen) atoms. The largest absolute Gasteiger partial charge is 0.508 e. The number of ketones is 1. The summed E-state index contributed by atoms with van der Waals surface area (Å²) in [6.07, 6.45) is 5.39. The first-order valence-electron chi connectivity index (χ1n) is 5.78. The average molecular weight is 234 g/mol. The molecule has 0 aliphatic rings. The zero-order chi connectivity index (χ0) is 12.7. The van der Waals surface area contributed by atoms with Gasteiger partial charge in [-0.2, -0.15) is 0 Å². The van der Waals surface area contributed by atoms with Gasteiger partial charge >= 0.3 is 0 Å². The molecule has 2 N–H and O–H groups in total. The van der Waals surface area contributed by atoms with Crippen LogP contribution in [0.2, 0.25) is 0 Å². The number of phenols is 1. The van der Waals surface area contributed by atoms with Crippen LogP contribution in [-0.4, -0.2) is 16.0 Å². The summed E-state index contributed by atoms with van der Waals surface area (Å²) < 4.78 is 0. The number of carbonyl (C=O) groups is 1. The fourth-order valence-electron chi connectivity index (χ4n) is 1.52. The maximum Gasteiger partial charge on any atom is 0.155 e. The number of hydrogen-bond donors (Lipinski definition) is 2. The molecular weight excluding hydrogens is 216 g/mol. The molecule has 0 amide bonds. The number of hydrogen-bond acceptors (Lipinski definition) is 3. The molecule has 0 aromatic heterocycles. The quantitative estimate of drug-likeness (QED) is 0.743. The normalized spacial score (nSPS) is 10.9. The van der Waals surface area contributed by atoms with Gasteiger partial charge in [0.25, 0.3) is 0 Å². The van der Waals surface area contributed by atoms with Crippen molar-refractivity contribution in [3.8, 4) is 5.75 Å². The SMILES string of the molecule is CC/C=C/C(=O)CCc1ccc(O)c(CO)c1. The van der Waals surface area contributed by atoms with Gasteiger partial charge in [-0.05, 0) is 36.6 Å². The topological polar surface area (TPSA) is 57.5 Å². The molecule has 1 rings (SSSR count). The molecule has 0 heterocycles. The van der Waals surface area contributed by atoms with Crippen LogP contribution in [0, 0.1) is 0 Å². The zero-order valence-corrected chi connectivity index (χ0v) is 10.0. The number of rotatable bonds is 6. The van der Waals surface area contributed by atoms with Gasteiger partial charge in [0.1, 0.15) is 5.75 Å². The third-order valence-electron chi connectivity index (χ3n) is 2.51. The first-order valence-corrected chi connectivity index (χ1v) is 5.78. The van der Waals surface area contributed by atoms with Crippen LogP contribution in [0.5, 0.6) is 5.75 Å². The van der Waals surface area contributed by atoms with Crippen molar-refractivity contribution in [2.24, 2.45) is 0 Å². The fourth-order valence-corrected chi connectivity index (χ4v) is 1.52. The molecule has 92 valence electrons. The van der Waals surface area contributed by atoms with Crippen LogP contribution in [0.3, 0.4) is 0 Å². The average Bonchev–Trinajstić information content (AvgIpc) is 2.35. The minimum atomic E-state index is -0.191. The molecule has 0 bridgehead atoms. The number of allylic oxidation sites excluding steroid dienone is 2. The summed E-state index contributed by atoms with van der Waals surface area (Å²) in [7, 11) is 0. The van der Waals surface area contributed by atoms with Gasteiger partial charge in [0.05, 0.1) is 6.61 Å².